The minimum Gasteiger partial charge on any atom is -0.339 e. The van der Waals surface area contributed by atoms with Crippen LogP contribution in [0.25, 0.3) is 0 Å². The van der Waals surface area contributed by atoms with Crippen LogP contribution in [0, 0.1) is 0 Å². The zero-order valence-electron chi connectivity index (χ0n) is 15.7. The number of piperidine rings is 1. The number of anilines is 1. The molecule has 2 amide bonds. The number of benzene rings is 2. The number of rotatable bonds is 6. The van der Waals surface area contributed by atoms with Gasteiger partial charge < -0.3 is 10.2 Å². The standard InChI is InChI=1S/C22H26N2O2S/c1-17(27-16-18-10-4-2-5-11-18)21(25)23-20-13-7-6-12-19(20)22(26)24-14-8-3-9-15-24/h2,4-7,10-13,17H,3,8-9,14-16H2,1H3,(H,23,25)/t17-/m1/s1. The van der Waals surface area contributed by atoms with Crippen LogP contribution in [0.15, 0.2) is 54.6 Å². The third-order valence-electron chi connectivity index (χ3n) is 4.77. The minimum absolute atomic E-state index is 0.00944. The van der Waals surface area contributed by atoms with Gasteiger partial charge in [-0.25, -0.2) is 0 Å². The first-order valence-corrected chi connectivity index (χ1v) is 10.5. The van der Waals surface area contributed by atoms with E-state index >= 15 is 0 Å². The van der Waals surface area contributed by atoms with Crippen LogP contribution in [0.2, 0.25) is 0 Å². The molecule has 1 fully saturated rings. The number of hydrogen-bond acceptors (Lipinski definition) is 3. The number of carbonyl (C=O) groups is 2. The highest BCUT2D eigenvalue weighted by atomic mass is 32.2. The number of carbonyl (C=O) groups excluding carboxylic acids is 2. The predicted octanol–water partition coefficient (Wildman–Crippen LogP) is 4.57. The molecule has 1 N–H and O–H groups in total. The molecule has 0 bridgehead atoms. The van der Waals surface area contributed by atoms with E-state index in [1.54, 1.807) is 17.8 Å². The van der Waals surface area contributed by atoms with Crippen molar-refractivity contribution in [2.75, 3.05) is 18.4 Å². The van der Waals surface area contributed by atoms with Gasteiger partial charge >= 0.3 is 0 Å². The molecule has 0 aliphatic carbocycles. The zero-order chi connectivity index (χ0) is 19.1. The molecule has 2 aromatic carbocycles. The van der Waals surface area contributed by atoms with Gasteiger partial charge in [-0.2, -0.15) is 0 Å². The number of para-hydroxylation sites is 1. The van der Waals surface area contributed by atoms with Gasteiger partial charge in [0, 0.05) is 18.8 Å². The highest BCUT2D eigenvalue weighted by Gasteiger charge is 2.22. The van der Waals surface area contributed by atoms with E-state index in [4.69, 9.17) is 0 Å². The van der Waals surface area contributed by atoms with Gasteiger partial charge in [0.2, 0.25) is 5.91 Å². The molecule has 142 valence electrons. The van der Waals surface area contributed by atoms with Crippen molar-refractivity contribution in [1.29, 1.82) is 0 Å². The molecule has 4 nitrogen and oxygen atoms in total. The highest BCUT2D eigenvalue weighted by Crippen LogP contribution is 2.23. The maximum atomic E-state index is 12.9. The second-order valence-corrected chi connectivity index (χ2v) is 8.16. The molecule has 3 rings (SSSR count). The molecule has 0 radical (unpaired) electrons. The second-order valence-electron chi connectivity index (χ2n) is 6.83. The van der Waals surface area contributed by atoms with Crippen LogP contribution in [0.3, 0.4) is 0 Å². The summed E-state index contributed by atoms with van der Waals surface area (Å²) in [5.41, 5.74) is 2.38. The summed E-state index contributed by atoms with van der Waals surface area (Å²) in [7, 11) is 0. The lowest BCUT2D eigenvalue weighted by Gasteiger charge is -2.27. The summed E-state index contributed by atoms with van der Waals surface area (Å²) in [6.45, 7) is 3.49. The number of nitrogens with zero attached hydrogens (tertiary/aromatic N) is 1. The zero-order valence-corrected chi connectivity index (χ0v) is 16.5. The van der Waals surface area contributed by atoms with Gasteiger partial charge in [0.15, 0.2) is 0 Å². The minimum atomic E-state index is -0.205. The van der Waals surface area contributed by atoms with E-state index in [1.807, 2.05) is 48.2 Å². The SMILES string of the molecule is C[C@@H](SCc1ccccc1)C(=O)Nc1ccccc1C(=O)N1CCCCC1. The Morgan fingerprint density at radius 3 is 2.41 bits per heavy atom. The second kappa shape index (κ2) is 9.60. The van der Waals surface area contributed by atoms with E-state index in [1.165, 1.54) is 12.0 Å². The van der Waals surface area contributed by atoms with E-state index in [2.05, 4.69) is 17.4 Å². The summed E-state index contributed by atoms with van der Waals surface area (Å²) in [5, 5.41) is 2.75. The van der Waals surface area contributed by atoms with Gasteiger partial charge in [-0.3, -0.25) is 9.59 Å². The van der Waals surface area contributed by atoms with Crippen molar-refractivity contribution in [3.05, 3.63) is 65.7 Å². The molecule has 0 spiro atoms. The van der Waals surface area contributed by atoms with Crippen molar-refractivity contribution in [2.24, 2.45) is 0 Å². The smallest absolute Gasteiger partial charge is 0.255 e. The van der Waals surface area contributed by atoms with E-state index in [0.29, 0.717) is 11.3 Å². The molecule has 2 aromatic rings. The lowest BCUT2D eigenvalue weighted by molar-refractivity contribution is -0.115. The third-order valence-corrected chi connectivity index (χ3v) is 5.98. The summed E-state index contributed by atoms with van der Waals surface area (Å²) in [6, 6.07) is 17.4. The summed E-state index contributed by atoms with van der Waals surface area (Å²) >= 11 is 1.59. The molecule has 1 saturated heterocycles. The number of thioether (sulfide) groups is 1. The van der Waals surface area contributed by atoms with Gasteiger partial charge in [0.25, 0.3) is 5.91 Å². The van der Waals surface area contributed by atoms with E-state index < -0.39 is 0 Å². The fourth-order valence-corrected chi connectivity index (χ4v) is 4.00. The Hall–Kier alpha value is -2.27. The monoisotopic (exact) mass is 382 g/mol. The highest BCUT2D eigenvalue weighted by molar-refractivity contribution is 7.99. The largest absolute Gasteiger partial charge is 0.339 e. The maximum absolute atomic E-state index is 12.9. The first kappa shape index (κ1) is 19.5. The van der Waals surface area contributed by atoms with Crippen LogP contribution in [-0.4, -0.2) is 35.1 Å². The Bertz CT molecular complexity index is 773. The molecular weight excluding hydrogens is 356 g/mol. The third kappa shape index (κ3) is 5.36. The van der Waals surface area contributed by atoms with Gasteiger partial charge in [0.1, 0.15) is 0 Å². The molecule has 0 unspecified atom stereocenters. The van der Waals surface area contributed by atoms with Crippen LogP contribution >= 0.6 is 11.8 Å². The Morgan fingerprint density at radius 2 is 1.67 bits per heavy atom. The Labute approximate surface area is 165 Å². The van der Waals surface area contributed by atoms with Crippen LogP contribution in [0.5, 0.6) is 0 Å². The van der Waals surface area contributed by atoms with Crippen molar-refractivity contribution < 1.29 is 9.59 Å². The number of likely N-dealkylation sites (tertiary alicyclic amines) is 1. The van der Waals surface area contributed by atoms with Crippen molar-refractivity contribution in [2.45, 2.75) is 37.2 Å². The molecule has 1 heterocycles. The van der Waals surface area contributed by atoms with Crippen LogP contribution < -0.4 is 5.32 Å². The first-order chi connectivity index (χ1) is 13.1. The number of nitrogens with one attached hydrogen (secondary N) is 1. The molecule has 5 heteroatoms. The maximum Gasteiger partial charge on any atom is 0.255 e. The molecule has 1 aliphatic rings. The lowest BCUT2D eigenvalue weighted by Crippen LogP contribution is -2.36. The normalized spacial score (nSPS) is 15.2. The summed E-state index contributed by atoms with van der Waals surface area (Å²) in [6.07, 6.45) is 3.28. The fraction of sp³-hybridized carbons (Fsp3) is 0.364. The van der Waals surface area contributed by atoms with Gasteiger partial charge in [-0.15, -0.1) is 11.8 Å². The quantitative estimate of drug-likeness (QED) is 0.796. The molecule has 0 aromatic heterocycles. The average molecular weight is 383 g/mol. The summed E-state index contributed by atoms with van der Waals surface area (Å²) in [4.78, 5) is 27.4. The predicted molar refractivity (Wildman–Crippen MR) is 112 cm³/mol. The molecular formula is C22H26N2O2S. The van der Waals surface area contributed by atoms with Crippen molar-refractivity contribution in [1.82, 2.24) is 4.90 Å². The van der Waals surface area contributed by atoms with Crippen LogP contribution in [0.1, 0.15) is 42.1 Å². The van der Waals surface area contributed by atoms with Gasteiger partial charge in [-0.05, 0) is 43.9 Å². The Morgan fingerprint density at radius 1 is 1.00 bits per heavy atom. The number of hydrogen-bond donors (Lipinski definition) is 1. The average Bonchev–Trinajstić information content (AvgIpc) is 2.73. The van der Waals surface area contributed by atoms with Crippen molar-refractivity contribution in [3.63, 3.8) is 0 Å². The van der Waals surface area contributed by atoms with Gasteiger partial charge in [-0.1, -0.05) is 42.5 Å². The van der Waals surface area contributed by atoms with E-state index in [-0.39, 0.29) is 17.1 Å². The van der Waals surface area contributed by atoms with E-state index in [9.17, 15) is 9.59 Å². The van der Waals surface area contributed by atoms with Crippen molar-refractivity contribution >= 4 is 29.3 Å². The fourth-order valence-electron chi connectivity index (χ4n) is 3.15. The van der Waals surface area contributed by atoms with Crippen LogP contribution in [0.4, 0.5) is 5.69 Å². The van der Waals surface area contributed by atoms with Crippen molar-refractivity contribution in [3.8, 4) is 0 Å². The van der Waals surface area contributed by atoms with Gasteiger partial charge in [0.05, 0.1) is 16.5 Å². The molecule has 27 heavy (non-hydrogen) atoms. The summed E-state index contributed by atoms with van der Waals surface area (Å²) < 4.78 is 0. The lowest BCUT2D eigenvalue weighted by atomic mass is 10.1. The first-order valence-electron chi connectivity index (χ1n) is 9.50. The summed E-state index contributed by atoms with van der Waals surface area (Å²) in [5.74, 6) is 0.717. The molecule has 1 atom stereocenters. The molecule has 1 aliphatic heterocycles. The topological polar surface area (TPSA) is 49.4 Å². The Balaban J connectivity index is 1.62. The number of amides is 2. The Kier molecular flexibility index (Phi) is 6.93. The van der Waals surface area contributed by atoms with Crippen LogP contribution in [-0.2, 0) is 10.5 Å². The van der Waals surface area contributed by atoms with E-state index in [0.717, 1.165) is 31.7 Å². The molecule has 0 saturated carbocycles.